The average Bonchev–Trinajstić information content (AvgIpc) is 3.01. The number of nitrogens with one attached hydrogen (secondary N) is 1. The molecule has 0 radical (unpaired) electrons. The molecule has 1 fully saturated rings. The molecule has 2 aromatic heterocycles. The zero-order chi connectivity index (χ0) is 19.4. The first-order valence-electron chi connectivity index (χ1n) is 9.47. The van der Waals surface area contributed by atoms with Crippen LogP contribution in [-0.2, 0) is 16.0 Å². The van der Waals surface area contributed by atoms with Crippen molar-refractivity contribution in [2.75, 3.05) is 19.6 Å². The van der Waals surface area contributed by atoms with E-state index >= 15 is 0 Å². The van der Waals surface area contributed by atoms with Crippen molar-refractivity contribution in [2.24, 2.45) is 5.92 Å². The van der Waals surface area contributed by atoms with Crippen LogP contribution in [0.2, 0.25) is 0 Å². The van der Waals surface area contributed by atoms with Crippen molar-refractivity contribution >= 4 is 17.6 Å². The molecule has 0 aliphatic carbocycles. The van der Waals surface area contributed by atoms with Gasteiger partial charge < -0.3 is 19.4 Å². The number of fused-ring (bicyclic) bond motifs is 1. The molecule has 2 amide bonds. The molecule has 0 spiro atoms. The molecule has 7 nitrogen and oxygen atoms in total. The number of hydrogen-bond acceptors (Lipinski definition) is 4. The molecule has 1 aliphatic heterocycles. The van der Waals surface area contributed by atoms with Gasteiger partial charge in [0.2, 0.25) is 5.91 Å². The number of likely N-dealkylation sites (tertiary alicyclic amines) is 1. The normalized spacial score (nSPS) is 17.7. The standard InChI is InChI=1S/C20H28N4O3/c1-20(2,3)27-19(26)21-12-15-7-6-10-24(13-15)18(25)11-16-14-23-9-5-4-8-17(23)22-16/h4-5,8-9,14-15H,6-7,10-13H2,1-3H3,(H,21,26)/t15-/m1/s1. The minimum Gasteiger partial charge on any atom is -0.444 e. The monoisotopic (exact) mass is 372 g/mol. The lowest BCUT2D eigenvalue weighted by atomic mass is 9.97. The number of amides is 2. The Morgan fingerprint density at radius 1 is 1.33 bits per heavy atom. The van der Waals surface area contributed by atoms with Gasteiger partial charge in [-0.3, -0.25) is 4.79 Å². The molecule has 2 aromatic rings. The van der Waals surface area contributed by atoms with Gasteiger partial charge in [0.25, 0.3) is 0 Å². The highest BCUT2D eigenvalue weighted by atomic mass is 16.6. The van der Waals surface area contributed by atoms with Crippen LogP contribution in [0.5, 0.6) is 0 Å². The van der Waals surface area contributed by atoms with Crippen LogP contribution in [0.25, 0.3) is 5.65 Å². The molecule has 1 aliphatic rings. The summed E-state index contributed by atoms with van der Waals surface area (Å²) in [7, 11) is 0. The Labute approximate surface area is 159 Å². The Morgan fingerprint density at radius 3 is 2.89 bits per heavy atom. The number of imidazole rings is 1. The average molecular weight is 372 g/mol. The summed E-state index contributed by atoms with van der Waals surface area (Å²) in [6.45, 7) is 7.46. The number of carbonyl (C=O) groups excluding carboxylic acids is 2. The smallest absolute Gasteiger partial charge is 0.407 e. The topological polar surface area (TPSA) is 75.9 Å². The van der Waals surface area contributed by atoms with Crippen LogP contribution < -0.4 is 5.32 Å². The van der Waals surface area contributed by atoms with Crippen LogP contribution >= 0.6 is 0 Å². The van der Waals surface area contributed by atoms with Crippen LogP contribution in [0, 0.1) is 5.92 Å². The molecule has 0 saturated carbocycles. The van der Waals surface area contributed by atoms with Crippen LogP contribution in [-0.4, -0.2) is 51.5 Å². The van der Waals surface area contributed by atoms with Gasteiger partial charge >= 0.3 is 6.09 Å². The third kappa shape index (κ3) is 5.45. The SMILES string of the molecule is CC(C)(C)OC(=O)NC[C@H]1CCCN(C(=O)Cc2cn3ccccc3n2)C1. The van der Waals surface area contributed by atoms with Gasteiger partial charge in [0.15, 0.2) is 0 Å². The number of pyridine rings is 1. The lowest BCUT2D eigenvalue weighted by Gasteiger charge is -2.33. The lowest BCUT2D eigenvalue weighted by Crippen LogP contribution is -2.45. The second-order valence-corrected chi connectivity index (χ2v) is 8.11. The van der Waals surface area contributed by atoms with Gasteiger partial charge in [-0.15, -0.1) is 0 Å². The quantitative estimate of drug-likeness (QED) is 0.895. The number of hydrogen-bond donors (Lipinski definition) is 1. The van der Waals surface area contributed by atoms with Gasteiger partial charge in [-0.1, -0.05) is 6.07 Å². The Balaban J connectivity index is 1.51. The maximum atomic E-state index is 12.7. The number of ether oxygens (including phenoxy) is 1. The fourth-order valence-electron chi connectivity index (χ4n) is 3.34. The largest absolute Gasteiger partial charge is 0.444 e. The van der Waals surface area contributed by atoms with Crippen molar-refractivity contribution in [3.05, 3.63) is 36.3 Å². The maximum Gasteiger partial charge on any atom is 0.407 e. The fourth-order valence-corrected chi connectivity index (χ4v) is 3.34. The molecule has 3 heterocycles. The Hall–Kier alpha value is -2.57. The molecule has 1 N–H and O–H groups in total. The van der Waals surface area contributed by atoms with Gasteiger partial charge in [-0.05, 0) is 51.7 Å². The zero-order valence-electron chi connectivity index (χ0n) is 16.3. The van der Waals surface area contributed by atoms with Crippen molar-refractivity contribution in [3.63, 3.8) is 0 Å². The summed E-state index contributed by atoms with van der Waals surface area (Å²) in [5.74, 6) is 0.330. The number of nitrogens with zero attached hydrogens (tertiary/aromatic N) is 3. The van der Waals surface area contributed by atoms with E-state index in [1.165, 1.54) is 0 Å². The Kier molecular flexibility index (Phi) is 5.68. The molecule has 27 heavy (non-hydrogen) atoms. The maximum absolute atomic E-state index is 12.7. The van der Waals surface area contributed by atoms with Gasteiger partial charge in [0.1, 0.15) is 11.2 Å². The highest BCUT2D eigenvalue weighted by Gasteiger charge is 2.25. The van der Waals surface area contributed by atoms with Crippen LogP contribution in [0.15, 0.2) is 30.6 Å². The predicted molar refractivity (Wildman–Crippen MR) is 102 cm³/mol. The van der Waals surface area contributed by atoms with Gasteiger partial charge in [0.05, 0.1) is 12.1 Å². The van der Waals surface area contributed by atoms with Crippen LogP contribution in [0.1, 0.15) is 39.3 Å². The zero-order valence-corrected chi connectivity index (χ0v) is 16.3. The van der Waals surface area contributed by atoms with E-state index in [4.69, 9.17) is 4.74 Å². The predicted octanol–water partition coefficient (Wildman–Crippen LogP) is 2.64. The van der Waals surface area contributed by atoms with Gasteiger partial charge in [-0.2, -0.15) is 0 Å². The van der Waals surface area contributed by atoms with E-state index in [-0.39, 0.29) is 11.8 Å². The number of piperidine rings is 1. The number of alkyl carbamates (subject to hydrolysis) is 1. The molecule has 1 saturated heterocycles. The number of carbonyl (C=O) groups is 2. The number of rotatable bonds is 4. The van der Waals surface area contributed by atoms with Crippen molar-refractivity contribution in [1.82, 2.24) is 19.6 Å². The Morgan fingerprint density at radius 2 is 2.15 bits per heavy atom. The van der Waals surface area contributed by atoms with E-state index in [0.29, 0.717) is 19.5 Å². The van der Waals surface area contributed by atoms with E-state index < -0.39 is 11.7 Å². The molecule has 0 unspecified atom stereocenters. The highest BCUT2D eigenvalue weighted by Crippen LogP contribution is 2.17. The first kappa shape index (κ1) is 19.2. The van der Waals surface area contributed by atoms with E-state index in [2.05, 4.69) is 10.3 Å². The molecule has 146 valence electrons. The van der Waals surface area contributed by atoms with Crippen LogP contribution in [0.4, 0.5) is 4.79 Å². The van der Waals surface area contributed by atoms with Gasteiger partial charge in [0, 0.05) is 32.0 Å². The summed E-state index contributed by atoms with van der Waals surface area (Å²) in [5.41, 5.74) is 1.12. The molecule has 0 bridgehead atoms. The molecular weight excluding hydrogens is 344 g/mol. The molecular formula is C20H28N4O3. The summed E-state index contributed by atoms with van der Waals surface area (Å²) in [5, 5.41) is 2.82. The summed E-state index contributed by atoms with van der Waals surface area (Å²) in [6, 6.07) is 5.79. The molecule has 1 atom stereocenters. The van der Waals surface area contributed by atoms with Crippen molar-refractivity contribution in [2.45, 2.75) is 45.6 Å². The summed E-state index contributed by atoms with van der Waals surface area (Å²) in [6.07, 6.45) is 5.66. The third-order valence-electron chi connectivity index (χ3n) is 4.55. The highest BCUT2D eigenvalue weighted by molar-refractivity contribution is 5.78. The van der Waals surface area contributed by atoms with Crippen LogP contribution in [0.3, 0.4) is 0 Å². The summed E-state index contributed by atoms with van der Waals surface area (Å²) in [4.78, 5) is 30.9. The fraction of sp³-hybridized carbons (Fsp3) is 0.550. The van der Waals surface area contributed by atoms with E-state index in [0.717, 1.165) is 30.7 Å². The second-order valence-electron chi connectivity index (χ2n) is 8.11. The van der Waals surface area contributed by atoms with E-state index in [1.54, 1.807) is 0 Å². The minimum absolute atomic E-state index is 0.0837. The molecule has 3 rings (SSSR count). The van der Waals surface area contributed by atoms with Crippen molar-refractivity contribution in [1.29, 1.82) is 0 Å². The summed E-state index contributed by atoms with van der Waals surface area (Å²) < 4.78 is 7.19. The van der Waals surface area contributed by atoms with E-state index in [1.807, 2.05) is 60.7 Å². The first-order chi connectivity index (χ1) is 12.8. The van der Waals surface area contributed by atoms with E-state index in [9.17, 15) is 9.59 Å². The third-order valence-corrected chi connectivity index (χ3v) is 4.55. The number of aromatic nitrogens is 2. The first-order valence-corrected chi connectivity index (χ1v) is 9.47. The Bertz CT molecular complexity index is 776. The van der Waals surface area contributed by atoms with Gasteiger partial charge in [-0.25, -0.2) is 9.78 Å². The van der Waals surface area contributed by atoms with Crippen molar-refractivity contribution < 1.29 is 14.3 Å². The summed E-state index contributed by atoms with van der Waals surface area (Å²) >= 11 is 0. The second kappa shape index (κ2) is 7.98. The molecule has 0 aromatic carbocycles. The minimum atomic E-state index is -0.507. The molecule has 7 heteroatoms. The van der Waals surface area contributed by atoms with Crippen molar-refractivity contribution in [3.8, 4) is 0 Å². The lowest BCUT2D eigenvalue weighted by molar-refractivity contribution is -0.132.